The predicted octanol–water partition coefficient (Wildman–Crippen LogP) is 4.76. The second-order valence-electron chi connectivity index (χ2n) is 6.04. The minimum atomic E-state index is -0.296. The number of aromatic amines is 1. The average molecular weight is 344 g/mol. The van der Waals surface area contributed by atoms with E-state index in [4.69, 9.17) is 15.2 Å². The predicted molar refractivity (Wildman–Crippen MR) is 103 cm³/mol. The monoisotopic (exact) mass is 344 g/mol. The largest absolute Gasteiger partial charge is 0.485 e. The zero-order valence-electron chi connectivity index (χ0n) is 15.4. The van der Waals surface area contributed by atoms with Gasteiger partial charge < -0.3 is 20.2 Å². The Morgan fingerprint density at radius 3 is 2.68 bits per heavy atom. The Morgan fingerprint density at radius 2 is 2.00 bits per heavy atom. The average Bonchev–Trinajstić information content (AvgIpc) is 2.60. The number of pyridine rings is 1. The number of benzene rings is 1. The van der Waals surface area contributed by atoms with Crippen molar-refractivity contribution in [2.75, 3.05) is 12.3 Å². The van der Waals surface area contributed by atoms with Gasteiger partial charge in [0.05, 0.1) is 17.9 Å². The van der Waals surface area contributed by atoms with Gasteiger partial charge in [0.1, 0.15) is 0 Å². The van der Waals surface area contributed by atoms with Crippen LogP contribution in [0, 0.1) is 0 Å². The Bertz CT molecular complexity index is 793. The topological polar surface area (TPSA) is 77.3 Å². The Hall–Kier alpha value is -2.43. The van der Waals surface area contributed by atoms with E-state index < -0.39 is 0 Å². The first-order valence-electron chi connectivity index (χ1n) is 9.02. The lowest BCUT2D eigenvalue weighted by molar-refractivity contribution is 0.283. The normalized spacial score (nSPS) is 11.7. The Morgan fingerprint density at radius 1 is 1.20 bits per heavy atom. The van der Waals surface area contributed by atoms with Crippen LogP contribution in [0.5, 0.6) is 11.5 Å². The van der Waals surface area contributed by atoms with Crippen molar-refractivity contribution in [3.8, 4) is 11.5 Å². The van der Waals surface area contributed by atoms with Crippen LogP contribution in [0.2, 0.25) is 0 Å². The first-order valence-corrected chi connectivity index (χ1v) is 9.02. The number of nitrogens with two attached hydrogens (primary N) is 1. The number of fused-ring (bicyclic) bond motifs is 1. The zero-order chi connectivity index (χ0) is 18.2. The van der Waals surface area contributed by atoms with Crippen molar-refractivity contribution in [3.05, 3.63) is 40.4 Å². The zero-order valence-corrected chi connectivity index (χ0v) is 15.4. The van der Waals surface area contributed by atoms with Crippen LogP contribution in [-0.4, -0.2) is 11.6 Å². The smallest absolute Gasteiger partial charge is 0.294 e. The van der Waals surface area contributed by atoms with Crippen LogP contribution in [0.15, 0.2) is 34.8 Å². The van der Waals surface area contributed by atoms with Crippen LogP contribution < -0.4 is 20.8 Å². The summed E-state index contributed by atoms with van der Waals surface area (Å²) in [6.07, 6.45) is 6.96. The number of nitrogen functional groups attached to an aromatic ring is 1. The molecule has 0 aliphatic rings. The molecule has 25 heavy (non-hydrogen) atoms. The van der Waals surface area contributed by atoms with Gasteiger partial charge in [-0.05, 0) is 37.6 Å². The molecule has 3 N–H and O–H groups in total. The summed E-state index contributed by atoms with van der Waals surface area (Å²) in [7, 11) is 0. The summed E-state index contributed by atoms with van der Waals surface area (Å²) in [5.74, 6) is 1.49. The molecule has 0 radical (unpaired) electrons. The number of nitrogens with one attached hydrogen (secondary N) is 1. The third-order valence-corrected chi connectivity index (χ3v) is 4.10. The highest BCUT2D eigenvalue weighted by Gasteiger charge is 2.17. The van der Waals surface area contributed by atoms with Crippen LogP contribution in [0.4, 0.5) is 5.69 Å². The number of allylic oxidation sites excluding steroid dienone is 2. The molecule has 1 aromatic heterocycles. The fourth-order valence-electron chi connectivity index (χ4n) is 2.67. The first kappa shape index (κ1) is 18.9. The molecular weight excluding hydrogens is 316 g/mol. The van der Waals surface area contributed by atoms with Crippen molar-refractivity contribution in [1.82, 2.24) is 4.98 Å². The minimum absolute atomic E-state index is 0.238. The van der Waals surface area contributed by atoms with Crippen LogP contribution in [0.25, 0.3) is 10.9 Å². The molecule has 0 aliphatic carbocycles. The maximum Gasteiger partial charge on any atom is 0.294 e. The van der Waals surface area contributed by atoms with Gasteiger partial charge in [-0.25, -0.2) is 0 Å². The molecule has 136 valence electrons. The first-order chi connectivity index (χ1) is 12.1. The SMILES string of the molecule is CC=C(CC)Oc1c(OCCCCCC)c(=O)[nH]c2cc(N)ccc12. The van der Waals surface area contributed by atoms with Crippen LogP contribution in [0.3, 0.4) is 0 Å². The number of unbranched alkanes of at least 4 members (excludes halogenated alkanes) is 3. The number of aromatic nitrogens is 1. The van der Waals surface area contributed by atoms with Crippen molar-refractivity contribution in [3.63, 3.8) is 0 Å². The number of H-pyrrole nitrogens is 1. The van der Waals surface area contributed by atoms with Gasteiger partial charge in [0.15, 0.2) is 5.75 Å². The standard InChI is InChI=1S/C20H28N2O3/c1-4-7-8-9-12-24-19-18(25-15(5-2)6-3)16-11-10-14(21)13-17(16)22-20(19)23/h5,10-11,13H,4,6-9,12,21H2,1-3H3,(H,22,23). The maximum absolute atomic E-state index is 12.5. The van der Waals surface area contributed by atoms with Crippen molar-refractivity contribution >= 4 is 16.6 Å². The van der Waals surface area contributed by atoms with Crippen LogP contribution in [-0.2, 0) is 0 Å². The lowest BCUT2D eigenvalue weighted by atomic mass is 10.1. The lowest BCUT2D eigenvalue weighted by Gasteiger charge is -2.15. The molecule has 5 heteroatoms. The summed E-state index contributed by atoms with van der Waals surface area (Å²) >= 11 is 0. The van der Waals surface area contributed by atoms with Crippen molar-refractivity contribution < 1.29 is 9.47 Å². The molecule has 1 aromatic carbocycles. The minimum Gasteiger partial charge on any atom is -0.485 e. The van der Waals surface area contributed by atoms with E-state index >= 15 is 0 Å². The van der Waals surface area contributed by atoms with Gasteiger partial charge in [-0.15, -0.1) is 0 Å². The molecule has 0 bridgehead atoms. The Balaban J connectivity index is 2.41. The maximum atomic E-state index is 12.5. The van der Waals surface area contributed by atoms with Gasteiger partial charge >= 0.3 is 0 Å². The fourth-order valence-corrected chi connectivity index (χ4v) is 2.67. The van der Waals surface area contributed by atoms with E-state index in [1.807, 2.05) is 26.0 Å². The van der Waals surface area contributed by atoms with Gasteiger partial charge in [-0.1, -0.05) is 33.1 Å². The molecule has 2 aromatic rings. The van der Waals surface area contributed by atoms with Crippen molar-refractivity contribution in [1.29, 1.82) is 0 Å². The van der Waals surface area contributed by atoms with E-state index in [0.717, 1.165) is 36.8 Å². The molecule has 0 saturated heterocycles. The molecule has 0 fully saturated rings. The van der Waals surface area contributed by atoms with E-state index in [-0.39, 0.29) is 11.3 Å². The van der Waals surface area contributed by atoms with E-state index in [9.17, 15) is 4.79 Å². The fraction of sp³-hybridized carbons (Fsp3) is 0.450. The molecule has 5 nitrogen and oxygen atoms in total. The molecule has 1 heterocycles. The quantitative estimate of drug-likeness (QED) is 0.390. The molecule has 0 atom stereocenters. The third-order valence-electron chi connectivity index (χ3n) is 4.10. The molecule has 0 unspecified atom stereocenters. The number of rotatable bonds is 9. The summed E-state index contributed by atoms with van der Waals surface area (Å²) in [5.41, 5.74) is 6.77. The highest BCUT2D eigenvalue weighted by molar-refractivity contribution is 5.89. The second-order valence-corrected chi connectivity index (χ2v) is 6.04. The molecular formula is C20H28N2O3. The number of hydrogen-bond acceptors (Lipinski definition) is 4. The summed E-state index contributed by atoms with van der Waals surface area (Å²) in [6, 6.07) is 5.37. The van der Waals surface area contributed by atoms with Gasteiger partial charge in [-0.3, -0.25) is 4.79 Å². The summed E-state index contributed by atoms with van der Waals surface area (Å²) in [4.78, 5) is 15.4. The van der Waals surface area contributed by atoms with Crippen LogP contribution in [0.1, 0.15) is 52.9 Å². The number of ether oxygens (including phenoxy) is 2. The summed E-state index contributed by atoms with van der Waals surface area (Å²) < 4.78 is 11.8. The summed E-state index contributed by atoms with van der Waals surface area (Å²) in [6.45, 7) is 6.58. The van der Waals surface area contributed by atoms with Crippen molar-refractivity contribution in [2.45, 2.75) is 52.9 Å². The van der Waals surface area contributed by atoms with E-state index in [2.05, 4.69) is 11.9 Å². The Labute approximate surface area is 148 Å². The van der Waals surface area contributed by atoms with Crippen molar-refractivity contribution in [2.24, 2.45) is 0 Å². The van der Waals surface area contributed by atoms with Gasteiger partial charge in [0, 0.05) is 17.5 Å². The number of anilines is 1. The molecule has 2 rings (SSSR count). The van der Waals surface area contributed by atoms with Gasteiger partial charge in [-0.2, -0.15) is 0 Å². The molecule has 0 amide bonds. The molecule has 0 spiro atoms. The summed E-state index contributed by atoms with van der Waals surface area (Å²) in [5, 5.41) is 0.783. The van der Waals surface area contributed by atoms with Gasteiger partial charge in [0.2, 0.25) is 5.75 Å². The van der Waals surface area contributed by atoms with E-state index in [0.29, 0.717) is 23.6 Å². The molecule has 0 saturated carbocycles. The lowest BCUT2D eigenvalue weighted by Crippen LogP contribution is -2.14. The second kappa shape index (κ2) is 9.16. The highest BCUT2D eigenvalue weighted by Crippen LogP contribution is 2.34. The highest BCUT2D eigenvalue weighted by atomic mass is 16.5. The van der Waals surface area contributed by atoms with Gasteiger partial charge in [0.25, 0.3) is 5.56 Å². The molecule has 0 aliphatic heterocycles. The third kappa shape index (κ3) is 4.78. The Kier molecular flexibility index (Phi) is 6.92. The number of hydrogen-bond donors (Lipinski definition) is 2. The van der Waals surface area contributed by atoms with E-state index in [1.54, 1.807) is 12.1 Å². The van der Waals surface area contributed by atoms with Crippen LogP contribution >= 0.6 is 0 Å². The van der Waals surface area contributed by atoms with E-state index in [1.165, 1.54) is 6.42 Å².